The first-order valence-electron chi connectivity index (χ1n) is 43.9. The van der Waals surface area contributed by atoms with Crippen molar-refractivity contribution in [2.45, 2.75) is 385 Å². The quantitative estimate of drug-likeness (QED) is 0.0271. The van der Waals surface area contributed by atoms with E-state index in [4.69, 9.17) is 94.7 Å². The lowest BCUT2D eigenvalue weighted by molar-refractivity contribution is -0.396. The fraction of sp³-hybridized carbons (Fsp3) is 0.935. The summed E-state index contributed by atoms with van der Waals surface area (Å²) < 4.78 is 120. The molecule has 55 atom stereocenters. The molecular formula is C77H130N4O57. The van der Waals surface area contributed by atoms with E-state index in [9.17, 15) is 187 Å². The second-order valence-corrected chi connectivity index (χ2v) is 34.9. The molecule has 10 aliphatic rings. The Bertz CT molecular complexity index is 3800. The van der Waals surface area contributed by atoms with Crippen LogP contribution in [0, 0.1) is 0 Å². The van der Waals surface area contributed by atoms with Crippen molar-refractivity contribution < 1.29 is 282 Å². The predicted octanol–water partition coefficient (Wildman–Crippen LogP) is -23.5. The van der Waals surface area contributed by atoms with Crippen LogP contribution in [-0.4, -0.2) is 596 Å². The molecule has 10 rings (SSSR count). The van der Waals surface area contributed by atoms with Crippen molar-refractivity contribution in [1.82, 2.24) is 21.3 Å². The van der Waals surface area contributed by atoms with Gasteiger partial charge in [-0.05, 0) is 13.8 Å². The van der Waals surface area contributed by atoms with E-state index in [2.05, 4.69) is 21.3 Å². The SMILES string of the molecule is CC(=O)N[C@H]1[C@H](O[C@H]2[C@@H](O)[C@@H](CO[C@@H]3O[C@H](CO)[C@@H](O[C@@H]4O[C@H](CO)[C@H](O)[C@H](O[C@@H]5O[C@H](CO)[C@@H](O[C@@H]6O[C@@H](C)[C@@H](O)[C@@H](O)[C@@H]6O)[C@H](O[C@@H]6O[C@H](CO)[C@H](O)[C@H](O)[C@H]6O)[C@H]5NC(C)=O)[C@H]4O)[C@H](O[C@@H]4O[C@@H](C)[C@@H](O)[C@@H](O)[C@@H]4O)[C@H]3NC(C)=O)O[C@@H](O[C@@H]([C@H](O)[C@@H](O)CO)[C@H](O)CO)[C@@H]2O)O[C@H](CO)[C@@H](O[C@@H]2O[C@H](CO)[C@H](O)[C@H](O[C@]3(C(=O)O)C[C@H](O)[C@@H](NC(C)=O)[C@H]([C@H](O)[C@H](O)CO)O3)[C@H]2O)[C@@H]1O. The van der Waals surface area contributed by atoms with Gasteiger partial charge in [-0.1, -0.05) is 0 Å². The Morgan fingerprint density at radius 2 is 0.659 bits per heavy atom. The lowest BCUT2D eigenvalue weighted by atomic mass is 9.88. The summed E-state index contributed by atoms with van der Waals surface area (Å²) in [7, 11) is 0. The Morgan fingerprint density at radius 3 is 1.10 bits per heavy atom. The number of aliphatic carboxylic acids is 1. The first-order chi connectivity index (χ1) is 65.0. The molecule has 10 aliphatic heterocycles. The van der Waals surface area contributed by atoms with Crippen LogP contribution in [0.15, 0.2) is 0 Å². The summed E-state index contributed by atoms with van der Waals surface area (Å²) in [6.45, 7) is -6.64. The van der Waals surface area contributed by atoms with E-state index in [0.717, 1.165) is 27.7 Å². The van der Waals surface area contributed by atoms with Gasteiger partial charge < -0.3 is 279 Å². The van der Waals surface area contributed by atoms with Gasteiger partial charge in [-0.25, -0.2) is 4.79 Å². The fourth-order valence-corrected chi connectivity index (χ4v) is 17.6. The Balaban J connectivity index is 0.970. The number of amides is 4. The molecule has 0 aromatic heterocycles. The van der Waals surface area contributed by atoms with Gasteiger partial charge in [0.1, 0.15) is 250 Å². The molecule has 0 radical (unpaired) electrons. The van der Waals surface area contributed by atoms with Crippen LogP contribution in [0.3, 0.4) is 0 Å². The second kappa shape index (κ2) is 50.1. The molecule has 0 aromatic carbocycles. The molecule has 61 nitrogen and oxygen atoms in total. The molecule has 4 amide bonds. The van der Waals surface area contributed by atoms with Crippen LogP contribution in [0.2, 0.25) is 0 Å². The maximum Gasteiger partial charge on any atom is 0.364 e. The van der Waals surface area contributed by atoms with Crippen LogP contribution in [0.25, 0.3) is 0 Å². The van der Waals surface area contributed by atoms with E-state index in [1.807, 2.05) is 0 Å². The third kappa shape index (κ3) is 25.6. The van der Waals surface area contributed by atoms with Crippen LogP contribution >= 0.6 is 0 Å². The molecule has 0 unspecified atom stereocenters. The highest BCUT2D eigenvalue weighted by Gasteiger charge is 2.65. The van der Waals surface area contributed by atoms with Gasteiger partial charge >= 0.3 is 5.97 Å². The average molecular weight is 2020 g/mol. The van der Waals surface area contributed by atoms with Gasteiger partial charge in [0, 0.05) is 34.1 Å². The summed E-state index contributed by atoms with van der Waals surface area (Å²) in [5.74, 6) is -9.61. The van der Waals surface area contributed by atoms with Crippen molar-refractivity contribution in [3.05, 3.63) is 0 Å². The van der Waals surface area contributed by atoms with Gasteiger partial charge in [0.05, 0.1) is 90.4 Å². The molecule has 61 heteroatoms. The third-order valence-corrected chi connectivity index (χ3v) is 25.1. The van der Waals surface area contributed by atoms with Crippen molar-refractivity contribution in [3.63, 3.8) is 0 Å². The Hall–Kier alpha value is -4.69. The van der Waals surface area contributed by atoms with Gasteiger partial charge in [0.15, 0.2) is 56.6 Å². The number of hydrogen-bond donors (Lipinski definition) is 36. The van der Waals surface area contributed by atoms with Crippen molar-refractivity contribution in [2.75, 3.05) is 66.1 Å². The van der Waals surface area contributed by atoms with Gasteiger partial charge in [-0.15, -0.1) is 0 Å². The minimum Gasteiger partial charge on any atom is -0.477 e. The Morgan fingerprint density at radius 1 is 0.326 bits per heavy atom. The van der Waals surface area contributed by atoms with Crippen LogP contribution in [0.1, 0.15) is 48.0 Å². The van der Waals surface area contributed by atoms with Gasteiger partial charge in [-0.3, -0.25) is 19.2 Å². The Labute approximate surface area is 781 Å². The van der Waals surface area contributed by atoms with Crippen LogP contribution in [0.4, 0.5) is 0 Å². The first-order valence-corrected chi connectivity index (χ1v) is 43.9. The maximum atomic E-state index is 13.8. The van der Waals surface area contributed by atoms with Crippen molar-refractivity contribution >= 4 is 29.6 Å². The molecule has 0 saturated carbocycles. The van der Waals surface area contributed by atoms with E-state index >= 15 is 0 Å². The molecule has 800 valence electrons. The number of aliphatic hydroxyl groups is 31. The molecule has 138 heavy (non-hydrogen) atoms. The highest BCUT2D eigenvalue weighted by atomic mass is 16.8. The number of nitrogens with one attached hydrogen (secondary N) is 4. The number of carbonyl (C=O) groups excluding carboxylic acids is 4. The zero-order chi connectivity index (χ0) is 102. The van der Waals surface area contributed by atoms with E-state index in [-0.39, 0.29) is 0 Å². The topological polar surface area (TPSA) is 965 Å². The fourth-order valence-electron chi connectivity index (χ4n) is 17.6. The van der Waals surface area contributed by atoms with Gasteiger partial charge in [0.25, 0.3) is 5.79 Å². The minimum atomic E-state index is -3.34. The van der Waals surface area contributed by atoms with Crippen molar-refractivity contribution in [2.24, 2.45) is 0 Å². The highest BCUT2D eigenvalue weighted by molar-refractivity contribution is 5.77. The van der Waals surface area contributed by atoms with Gasteiger partial charge in [-0.2, -0.15) is 0 Å². The molecule has 10 heterocycles. The summed E-state index contributed by atoms with van der Waals surface area (Å²) in [5, 5.41) is 366. The summed E-state index contributed by atoms with van der Waals surface area (Å²) in [6.07, 6.45) is -111. The number of carboxylic acid groups (broad SMARTS) is 1. The van der Waals surface area contributed by atoms with Crippen molar-refractivity contribution in [1.29, 1.82) is 0 Å². The van der Waals surface area contributed by atoms with Crippen molar-refractivity contribution in [3.8, 4) is 0 Å². The van der Waals surface area contributed by atoms with Crippen LogP contribution in [-0.2, 0) is 119 Å². The minimum absolute atomic E-state index is 0.842. The maximum absolute atomic E-state index is 13.8. The molecule has 0 spiro atoms. The molecular weight excluding hydrogens is 1890 g/mol. The van der Waals surface area contributed by atoms with E-state index in [1.165, 1.54) is 13.8 Å². The monoisotopic (exact) mass is 2020 g/mol. The normalized spacial score (nSPS) is 46.7. The molecule has 10 fully saturated rings. The molecule has 10 saturated heterocycles. The number of hydrogen-bond acceptors (Lipinski definition) is 56. The predicted molar refractivity (Wildman–Crippen MR) is 425 cm³/mol. The number of rotatable bonds is 40. The van der Waals surface area contributed by atoms with E-state index in [0.29, 0.717) is 0 Å². The van der Waals surface area contributed by atoms with Crippen LogP contribution < -0.4 is 21.3 Å². The number of ether oxygens (including phenoxy) is 20. The first kappa shape index (κ1) is 115. The number of carbonyl (C=O) groups is 5. The molecule has 0 bridgehead atoms. The largest absolute Gasteiger partial charge is 0.477 e. The van der Waals surface area contributed by atoms with E-state index in [1.54, 1.807) is 0 Å². The van der Waals surface area contributed by atoms with Crippen LogP contribution in [0.5, 0.6) is 0 Å². The number of aliphatic hydroxyl groups excluding tert-OH is 31. The summed E-state index contributed by atoms with van der Waals surface area (Å²) in [6, 6.07) is -8.10. The molecule has 0 aromatic rings. The summed E-state index contributed by atoms with van der Waals surface area (Å²) in [5.41, 5.74) is 0. The smallest absolute Gasteiger partial charge is 0.364 e. The highest BCUT2D eigenvalue weighted by Crippen LogP contribution is 2.44. The Kier molecular flexibility index (Phi) is 41.9. The zero-order valence-corrected chi connectivity index (χ0v) is 74.5. The average Bonchev–Trinajstić information content (AvgIpc) is 0.763. The molecule has 36 N–H and O–H groups in total. The molecule has 0 aliphatic carbocycles. The lowest BCUT2D eigenvalue weighted by Gasteiger charge is -2.52. The zero-order valence-electron chi connectivity index (χ0n) is 74.5. The standard InChI is InChI=1S/C77H130N4O57/c1-18-39(99)48(108)51(111)70(120-18)131-60-33(16-90)127-69(38(81-23(6)94)63(60)134-72-53(113)50(110)43(103)28(11-85)122-72)136-64-44(104)29(12-86)123-73(54(64)114)132-59-32(15-89)125-67(37(80-22(5)93)62(59)133-71-52(112)49(109)40(100)19(2)121-71)119-17-34-46(106)65(55(115)74(128-34)129-57(27(98)10-84)41(101)25(96)8-82)135-68-36(79-21(4)92)47(107)58(31(14-88)126-68)130-75-56(116)66(45(105)30(13-87)124-75)138-77(76(117)118)7-24(95)35(78-20(3)91)61(137-77)42(102)26(97)9-83/h18-19,24-75,82-90,95-116H,7-17H2,1-6H3,(H,78,91)(H,79,92)(H,80,93)(H,81,94)(H,117,118)/t18-,19-,24-,25-,26+,27+,28+,29+,30+,31+,32+,33+,34+,35+,36+,37+,38+,39+,40+,41+,42+,43-,44-,45-,46-,47+,48+,49+,50-,51-,52-,53+,54+,55+,56+,57+,58+,59+,60+,61+,62+,63+,64-,65-,66-,67+,68-,69-,70-,71-,72-,73-,74-,75-,77-/m0/s1. The van der Waals surface area contributed by atoms with E-state index < -0.39 is 439 Å². The summed E-state index contributed by atoms with van der Waals surface area (Å²) >= 11 is 0. The third-order valence-electron chi connectivity index (χ3n) is 25.1. The van der Waals surface area contributed by atoms with Gasteiger partial charge in [0.2, 0.25) is 23.6 Å². The number of carboxylic acids is 1. The lowest BCUT2D eigenvalue weighted by Crippen LogP contribution is -2.72. The summed E-state index contributed by atoms with van der Waals surface area (Å²) in [4.78, 5) is 66.1. The second-order valence-electron chi connectivity index (χ2n) is 34.9.